The van der Waals surface area contributed by atoms with Crippen molar-refractivity contribution < 1.29 is 18.1 Å². The number of alkyl halides is 3. The number of hydrogen-bond donors (Lipinski definition) is 1. The van der Waals surface area contributed by atoms with E-state index in [1.807, 2.05) is 0 Å². The van der Waals surface area contributed by atoms with Gasteiger partial charge in [0.1, 0.15) is 12.0 Å². The van der Waals surface area contributed by atoms with Gasteiger partial charge in [-0.05, 0) is 12.1 Å². The third-order valence-electron chi connectivity index (χ3n) is 2.66. The van der Waals surface area contributed by atoms with Crippen LogP contribution in [0.5, 0.6) is 0 Å². The SMILES string of the molecule is O=[N+]([O-])c1ccc(NCc2nccc(C(F)(F)F)c2Cl)nc1. The van der Waals surface area contributed by atoms with E-state index in [-0.39, 0.29) is 23.7 Å². The fraction of sp³-hybridized carbons (Fsp3) is 0.167. The summed E-state index contributed by atoms with van der Waals surface area (Å²) in [5, 5.41) is 12.7. The van der Waals surface area contributed by atoms with Gasteiger partial charge in [-0.15, -0.1) is 0 Å². The summed E-state index contributed by atoms with van der Waals surface area (Å²) in [7, 11) is 0. The molecule has 0 saturated heterocycles. The molecule has 1 N–H and O–H groups in total. The minimum absolute atomic E-state index is 0.00311. The van der Waals surface area contributed by atoms with E-state index < -0.39 is 21.7 Å². The highest BCUT2D eigenvalue weighted by Crippen LogP contribution is 2.35. The summed E-state index contributed by atoms with van der Waals surface area (Å²) in [5.74, 6) is 0.251. The number of hydrogen-bond acceptors (Lipinski definition) is 5. The standard InChI is InChI=1S/C12H8ClF3N4O2/c13-11-8(12(14,15)16)3-4-17-9(11)6-19-10-2-1-7(5-18-10)20(21)22/h1-5H,6H2,(H,18,19). The average Bonchev–Trinajstić information content (AvgIpc) is 2.45. The Labute approximate surface area is 127 Å². The van der Waals surface area contributed by atoms with E-state index in [0.29, 0.717) is 0 Å². The van der Waals surface area contributed by atoms with Crippen molar-refractivity contribution in [2.45, 2.75) is 12.7 Å². The Kier molecular flexibility index (Phi) is 4.45. The van der Waals surface area contributed by atoms with Gasteiger partial charge in [0.25, 0.3) is 5.69 Å². The minimum Gasteiger partial charge on any atom is -0.364 e. The first-order valence-corrected chi connectivity index (χ1v) is 6.21. The molecular formula is C12H8ClF3N4O2. The number of rotatable bonds is 4. The molecule has 0 aliphatic rings. The zero-order valence-corrected chi connectivity index (χ0v) is 11.5. The van der Waals surface area contributed by atoms with E-state index in [1.165, 1.54) is 12.1 Å². The van der Waals surface area contributed by atoms with Gasteiger partial charge in [0.05, 0.1) is 27.7 Å². The van der Waals surface area contributed by atoms with Crippen LogP contribution in [0.3, 0.4) is 0 Å². The van der Waals surface area contributed by atoms with Crippen molar-refractivity contribution in [1.82, 2.24) is 9.97 Å². The molecule has 0 aliphatic carbocycles. The fourth-order valence-electron chi connectivity index (χ4n) is 1.60. The Morgan fingerprint density at radius 1 is 1.27 bits per heavy atom. The van der Waals surface area contributed by atoms with E-state index in [9.17, 15) is 23.3 Å². The second-order valence-corrected chi connectivity index (χ2v) is 4.51. The topological polar surface area (TPSA) is 81.0 Å². The molecule has 0 atom stereocenters. The van der Waals surface area contributed by atoms with Gasteiger partial charge in [-0.2, -0.15) is 13.2 Å². The van der Waals surface area contributed by atoms with Crippen LogP contribution in [0.1, 0.15) is 11.3 Å². The molecule has 0 radical (unpaired) electrons. The van der Waals surface area contributed by atoms with Crippen LogP contribution >= 0.6 is 11.6 Å². The zero-order valence-electron chi connectivity index (χ0n) is 10.8. The lowest BCUT2D eigenvalue weighted by atomic mass is 10.2. The number of aromatic nitrogens is 2. The van der Waals surface area contributed by atoms with Gasteiger partial charge < -0.3 is 5.32 Å². The van der Waals surface area contributed by atoms with Crippen molar-refractivity contribution in [1.29, 1.82) is 0 Å². The number of nitrogens with zero attached hydrogens (tertiary/aromatic N) is 3. The molecule has 6 nitrogen and oxygen atoms in total. The van der Waals surface area contributed by atoms with Crippen LogP contribution < -0.4 is 5.32 Å². The fourth-order valence-corrected chi connectivity index (χ4v) is 1.89. The number of halogens is 4. The lowest BCUT2D eigenvalue weighted by molar-refractivity contribution is -0.385. The van der Waals surface area contributed by atoms with Gasteiger partial charge in [0.15, 0.2) is 0 Å². The maximum Gasteiger partial charge on any atom is 0.417 e. The van der Waals surface area contributed by atoms with Crippen LogP contribution in [0.2, 0.25) is 5.02 Å². The van der Waals surface area contributed by atoms with Crippen LogP contribution in [0.25, 0.3) is 0 Å². The summed E-state index contributed by atoms with van der Waals surface area (Å²) in [5.41, 5.74) is -1.17. The molecule has 0 spiro atoms. The molecule has 0 saturated carbocycles. The molecule has 10 heteroatoms. The van der Waals surface area contributed by atoms with Crippen molar-refractivity contribution in [2.24, 2.45) is 0 Å². The molecule has 0 aliphatic heterocycles. The molecule has 2 rings (SSSR count). The van der Waals surface area contributed by atoms with E-state index in [1.54, 1.807) is 0 Å². The van der Waals surface area contributed by atoms with Gasteiger partial charge >= 0.3 is 6.18 Å². The van der Waals surface area contributed by atoms with Gasteiger partial charge in [-0.3, -0.25) is 15.1 Å². The van der Waals surface area contributed by atoms with Gasteiger partial charge in [0, 0.05) is 12.3 Å². The largest absolute Gasteiger partial charge is 0.417 e. The van der Waals surface area contributed by atoms with Crippen molar-refractivity contribution in [3.8, 4) is 0 Å². The average molecular weight is 333 g/mol. The Balaban J connectivity index is 2.13. The molecule has 0 aromatic carbocycles. The first-order chi connectivity index (χ1) is 10.3. The summed E-state index contributed by atoms with van der Waals surface area (Å²) >= 11 is 5.69. The van der Waals surface area contributed by atoms with Crippen molar-refractivity contribution in [2.75, 3.05) is 5.32 Å². The molecule has 2 aromatic rings. The summed E-state index contributed by atoms with van der Waals surface area (Å²) in [4.78, 5) is 17.4. The lowest BCUT2D eigenvalue weighted by Crippen LogP contribution is -2.10. The first kappa shape index (κ1) is 16.0. The maximum absolute atomic E-state index is 12.7. The molecule has 0 bridgehead atoms. The Hall–Kier alpha value is -2.42. The summed E-state index contributed by atoms with van der Waals surface area (Å²) in [6.07, 6.45) is -2.53. The zero-order chi connectivity index (χ0) is 16.3. The Morgan fingerprint density at radius 2 is 2.00 bits per heavy atom. The highest BCUT2D eigenvalue weighted by molar-refractivity contribution is 6.32. The predicted molar refractivity (Wildman–Crippen MR) is 72.5 cm³/mol. The van der Waals surface area contributed by atoms with Gasteiger partial charge in [-0.1, -0.05) is 11.6 Å². The lowest BCUT2D eigenvalue weighted by Gasteiger charge is -2.12. The molecule has 22 heavy (non-hydrogen) atoms. The van der Waals surface area contributed by atoms with Gasteiger partial charge in [0.2, 0.25) is 0 Å². The molecule has 2 heterocycles. The van der Waals surface area contributed by atoms with Crippen LogP contribution in [0, 0.1) is 10.1 Å². The van der Waals surface area contributed by atoms with E-state index in [2.05, 4.69) is 15.3 Å². The minimum atomic E-state index is -4.57. The molecule has 116 valence electrons. The second-order valence-electron chi connectivity index (χ2n) is 4.13. The summed E-state index contributed by atoms with van der Waals surface area (Å²) in [6.45, 7) is -0.104. The Bertz CT molecular complexity index is 692. The van der Waals surface area contributed by atoms with Crippen molar-refractivity contribution in [3.63, 3.8) is 0 Å². The first-order valence-electron chi connectivity index (χ1n) is 5.84. The van der Waals surface area contributed by atoms with Crippen LogP contribution in [-0.4, -0.2) is 14.9 Å². The van der Waals surface area contributed by atoms with Gasteiger partial charge in [-0.25, -0.2) is 4.98 Å². The number of anilines is 1. The number of nitrogens with one attached hydrogen (secondary N) is 1. The van der Waals surface area contributed by atoms with Crippen molar-refractivity contribution in [3.05, 3.63) is 57.0 Å². The highest BCUT2D eigenvalue weighted by atomic mass is 35.5. The summed E-state index contributed by atoms with van der Waals surface area (Å²) < 4.78 is 38.1. The monoisotopic (exact) mass is 332 g/mol. The maximum atomic E-state index is 12.7. The predicted octanol–water partition coefficient (Wildman–Crippen LogP) is 3.67. The highest BCUT2D eigenvalue weighted by Gasteiger charge is 2.34. The molecule has 2 aromatic heterocycles. The third-order valence-corrected chi connectivity index (χ3v) is 3.08. The van der Waals surface area contributed by atoms with Crippen LogP contribution in [0.4, 0.5) is 24.7 Å². The third kappa shape index (κ3) is 3.61. The van der Waals surface area contributed by atoms with Crippen LogP contribution in [-0.2, 0) is 12.7 Å². The molecule has 0 unspecified atom stereocenters. The van der Waals surface area contributed by atoms with Crippen LogP contribution in [0.15, 0.2) is 30.6 Å². The second kappa shape index (κ2) is 6.14. The van der Waals surface area contributed by atoms with E-state index in [0.717, 1.165) is 18.5 Å². The quantitative estimate of drug-likeness (QED) is 0.682. The van der Waals surface area contributed by atoms with E-state index in [4.69, 9.17) is 11.6 Å². The molecule has 0 fully saturated rings. The Morgan fingerprint density at radius 3 is 2.55 bits per heavy atom. The molecule has 0 amide bonds. The van der Waals surface area contributed by atoms with Crippen molar-refractivity contribution >= 4 is 23.1 Å². The number of nitro groups is 1. The molecular weight excluding hydrogens is 325 g/mol. The van der Waals surface area contributed by atoms with E-state index >= 15 is 0 Å². The smallest absolute Gasteiger partial charge is 0.364 e. The number of pyridine rings is 2. The normalized spacial score (nSPS) is 11.3. The summed E-state index contributed by atoms with van der Waals surface area (Å²) in [6, 6.07) is 3.34.